The summed E-state index contributed by atoms with van der Waals surface area (Å²) in [5.74, 6) is 0.797. The van der Waals surface area contributed by atoms with E-state index in [9.17, 15) is 0 Å². The van der Waals surface area contributed by atoms with Gasteiger partial charge in [0.1, 0.15) is 11.3 Å². The van der Waals surface area contributed by atoms with Crippen LogP contribution in [0.3, 0.4) is 0 Å². The molecule has 2 rings (SSSR count). The summed E-state index contributed by atoms with van der Waals surface area (Å²) < 4.78 is 0. The zero-order chi connectivity index (χ0) is 10.2. The second-order valence-electron chi connectivity index (χ2n) is 4.21. The Balaban J connectivity index is 2.63. The average Bonchev–Trinajstić information content (AvgIpc) is 2.16. The predicted molar refractivity (Wildman–Crippen MR) is 53.8 cm³/mol. The first-order valence-corrected chi connectivity index (χ1v) is 4.51. The number of hydrogen-bond acceptors (Lipinski definition) is 4. The fourth-order valence-electron chi connectivity index (χ4n) is 1.13. The largest absolute Gasteiger partial charge is 0.250 e. The van der Waals surface area contributed by atoms with Crippen molar-refractivity contribution in [3.8, 4) is 0 Å². The molecule has 14 heavy (non-hydrogen) atoms. The molecule has 4 heteroatoms. The summed E-state index contributed by atoms with van der Waals surface area (Å²) in [6.45, 7) is 6.22. The first-order valence-electron chi connectivity index (χ1n) is 4.51. The van der Waals surface area contributed by atoms with Crippen molar-refractivity contribution in [1.29, 1.82) is 0 Å². The molecule has 0 saturated carbocycles. The Morgan fingerprint density at radius 2 is 1.71 bits per heavy atom. The van der Waals surface area contributed by atoms with Crippen molar-refractivity contribution < 1.29 is 0 Å². The number of rotatable bonds is 0. The van der Waals surface area contributed by atoms with Crippen molar-refractivity contribution in [3.05, 3.63) is 24.4 Å². The van der Waals surface area contributed by atoms with Gasteiger partial charge in [0.15, 0.2) is 5.65 Å². The molecule has 0 unspecified atom stereocenters. The molecule has 0 bridgehead atoms. The van der Waals surface area contributed by atoms with Crippen LogP contribution in [0.15, 0.2) is 18.6 Å². The van der Waals surface area contributed by atoms with Crippen LogP contribution in [0, 0.1) is 0 Å². The van der Waals surface area contributed by atoms with E-state index < -0.39 is 0 Å². The van der Waals surface area contributed by atoms with Crippen LogP contribution in [0.1, 0.15) is 26.6 Å². The zero-order valence-electron chi connectivity index (χ0n) is 8.52. The van der Waals surface area contributed by atoms with Gasteiger partial charge in [-0.25, -0.2) is 19.9 Å². The van der Waals surface area contributed by atoms with Crippen molar-refractivity contribution in [2.75, 3.05) is 0 Å². The SMILES string of the molecule is CC(C)(C)c1ncc2nccnc2n1. The molecule has 2 aromatic rings. The average molecular weight is 188 g/mol. The number of hydrogen-bond donors (Lipinski definition) is 0. The molecule has 0 aliphatic carbocycles. The molecular formula is C10H12N4. The molecule has 0 N–H and O–H groups in total. The highest BCUT2D eigenvalue weighted by atomic mass is 15.0. The second kappa shape index (κ2) is 2.97. The van der Waals surface area contributed by atoms with E-state index >= 15 is 0 Å². The van der Waals surface area contributed by atoms with Crippen LogP contribution >= 0.6 is 0 Å². The van der Waals surface area contributed by atoms with Gasteiger partial charge < -0.3 is 0 Å². The lowest BCUT2D eigenvalue weighted by atomic mass is 9.96. The molecule has 0 atom stereocenters. The van der Waals surface area contributed by atoms with Gasteiger partial charge in [-0.1, -0.05) is 20.8 Å². The van der Waals surface area contributed by atoms with Crippen LogP contribution in [-0.2, 0) is 5.41 Å². The van der Waals surface area contributed by atoms with Crippen LogP contribution in [-0.4, -0.2) is 19.9 Å². The van der Waals surface area contributed by atoms with Gasteiger partial charge in [-0.05, 0) is 0 Å². The standard InChI is InChI=1S/C10H12N4/c1-10(2,3)9-13-6-7-8(14-9)12-5-4-11-7/h4-6H,1-3H3. The van der Waals surface area contributed by atoms with Crippen LogP contribution in [0.2, 0.25) is 0 Å². The van der Waals surface area contributed by atoms with Crippen molar-refractivity contribution >= 4 is 11.2 Å². The summed E-state index contributed by atoms with van der Waals surface area (Å²) in [5.41, 5.74) is 1.35. The smallest absolute Gasteiger partial charge is 0.181 e. The third-order valence-corrected chi connectivity index (χ3v) is 1.90. The Hall–Kier alpha value is -1.58. The Labute approximate surface area is 82.5 Å². The van der Waals surface area contributed by atoms with Gasteiger partial charge in [-0.15, -0.1) is 0 Å². The monoisotopic (exact) mass is 188 g/mol. The molecule has 0 spiro atoms. The summed E-state index contributed by atoms with van der Waals surface area (Å²) in [6, 6.07) is 0. The third-order valence-electron chi connectivity index (χ3n) is 1.90. The highest BCUT2D eigenvalue weighted by Gasteiger charge is 2.17. The van der Waals surface area contributed by atoms with Crippen molar-refractivity contribution in [2.45, 2.75) is 26.2 Å². The minimum atomic E-state index is -0.0499. The minimum absolute atomic E-state index is 0.0499. The van der Waals surface area contributed by atoms with Gasteiger partial charge in [0.05, 0.1) is 6.20 Å². The van der Waals surface area contributed by atoms with Gasteiger partial charge in [0, 0.05) is 17.8 Å². The normalized spacial score (nSPS) is 11.9. The van der Waals surface area contributed by atoms with Crippen molar-refractivity contribution in [3.63, 3.8) is 0 Å². The van der Waals surface area contributed by atoms with Crippen LogP contribution < -0.4 is 0 Å². The predicted octanol–water partition coefficient (Wildman–Crippen LogP) is 1.72. The molecule has 4 nitrogen and oxygen atoms in total. The third kappa shape index (κ3) is 1.55. The number of fused-ring (bicyclic) bond motifs is 1. The molecule has 0 aromatic carbocycles. The molecule has 72 valence electrons. The molecule has 0 aliphatic rings. The van der Waals surface area contributed by atoms with Gasteiger partial charge in [0.25, 0.3) is 0 Å². The van der Waals surface area contributed by atoms with E-state index in [0.29, 0.717) is 5.65 Å². The Bertz CT molecular complexity index is 459. The van der Waals surface area contributed by atoms with Gasteiger partial charge in [-0.3, -0.25) is 0 Å². The van der Waals surface area contributed by atoms with Crippen LogP contribution in [0.5, 0.6) is 0 Å². The highest BCUT2D eigenvalue weighted by Crippen LogP contribution is 2.18. The van der Waals surface area contributed by atoms with Gasteiger partial charge >= 0.3 is 0 Å². The van der Waals surface area contributed by atoms with Crippen LogP contribution in [0.25, 0.3) is 11.2 Å². The lowest BCUT2D eigenvalue weighted by molar-refractivity contribution is 0.547. The van der Waals surface area contributed by atoms with E-state index in [2.05, 4.69) is 40.7 Å². The molecule has 2 aromatic heterocycles. The maximum Gasteiger partial charge on any atom is 0.181 e. The lowest BCUT2D eigenvalue weighted by Gasteiger charge is -2.15. The Kier molecular flexibility index (Phi) is 1.91. The molecule has 0 saturated heterocycles. The van der Waals surface area contributed by atoms with E-state index in [1.54, 1.807) is 18.6 Å². The summed E-state index contributed by atoms with van der Waals surface area (Å²) in [7, 11) is 0. The van der Waals surface area contributed by atoms with E-state index in [4.69, 9.17) is 0 Å². The first kappa shape index (κ1) is 8.99. The quantitative estimate of drug-likeness (QED) is 0.631. The maximum atomic E-state index is 4.36. The summed E-state index contributed by atoms with van der Waals surface area (Å²) >= 11 is 0. The van der Waals surface area contributed by atoms with Crippen molar-refractivity contribution in [2.24, 2.45) is 0 Å². The van der Waals surface area contributed by atoms with Gasteiger partial charge in [-0.2, -0.15) is 0 Å². The van der Waals surface area contributed by atoms with Crippen LogP contribution in [0.4, 0.5) is 0 Å². The van der Waals surface area contributed by atoms with E-state index in [-0.39, 0.29) is 5.41 Å². The maximum absolute atomic E-state index is 4.36. The van der Waals surface area contributed by atoms with E-state index in [0.717, 1.165) is 11.3 Å². The lowest BCUT2D eigenvalue weighted by Crippen LogP contribution is -2.16. The number of aromatic nitrogens is 4. The Morgan fingerprint density at radius 1 is 1.00 bits per heavy atom. The summed E-state index contributed by atoms with van der Waals surface area (Å²) in [5, 5.41) is 0. The first-order chi connectivity index (χ1) is 6.57. The number of nitrogens with zero attached hydrogens (tertiary/aromatic N) is 4. The molecule has 0 aliphatic heterocycles. The minimum Gasteiger partial charge on any atom is -0.250 e. The van der Waals surface area contributed by atoms with Gasteiger partial charge in [0.2, 0.25) is 0 Å². The fraction of sp³-hybridized carbons (Fsp3) is 0.400. The topological polar surface area (TPSA) is 51.6 Å². The van der Waals surface area contributed by atoms with E-state index in [1.807, 2.05) is 0 Å². The Morgan fingerprint density at radius 3 is 2.43 bits per heavy atom. The molecular weight excluding hydrogens is 176 g/mol. The molecule has 0 amide bonds. The summed E-state index contributed by atoms with van der Waals surface area (Å²) in [6.07, 6.45) is 5.00. The van der Waals surface area contributed by atoms with Crippen molar-refractivity contribution in [1.82, 2.24) is 19.9 Å². The fourth-order valence-corrected chi connectivity index (χ4v) is 1.13. The molecule has 2 heterocycles. The molecule has 0 fully saturated rings. The van der Waals surface area contributed by atoms with E-state index in [1.165, 1.54) is 0 Å². The molecule has 0 radical (unpaired) electrons. The zero-order valence-corrected chi connectivity index (χ0v) is 8.52. The second-order valence-corrected chi connectivity index (χ2v) is 4.21. The highest BCUT2D eigenvalue weighted by molar-refractivity contribution is 5.67. The summed E-state index contributed by atoms with van der Waals surface area (Å²) in [4.78, 5) is 16.9.